The van der Waals surface area contributed by atoms with Crippen LogP contribution in [0.2, 0.25) is 0 Å². The summed E-state index contributed by atoms with van der Waals surface area (Å²) in [7, 11) is 0. The number of hydrogen-bond donors (Lipinski definition) is 0. The van der Waals surface area contributed by atoms with Gasteiger partial charge in [0.15, 0.2) is 0 Å². The van der Waals surface area contributed by atoms with Crippen molar-refractivity contribution in [1.82, 2.24) is 0 Å². The number of carbonyl (C=O) groups is 5. The van der Waals surface area contributed by atoms with Gasteiger partial charge in [0, 0.05) is 17.8 Å². The van der Waals surface area contributed by atoms with Crippen molar-refractivity contribution in [3.05, 3.63) is 35.4 Å². The fraction of sp³-hybridized carbons (Fsp3) is 0.656. The van der Waals surface area contributed by atoms with Gasteiger partial charge in [-0.2, -0.15) is 0 Å². The fourth-order valence-corrected chi connectivity index (χ4v) is 6.91. The molecule has 8 nitrogen and oxygen atoms in total. The van der Waals surface area contributed by atoms with Gasteiger partial charge in [-0.1, -0.05) is 102 Å². The van der Waals surface area contributed by atoms with Gasteiger partial charge in [-0.3, -0.25) is 24.0 Å². The maximum atomic E-state index is 13.0. The lowest BCUT2D eigenvalue weighted by Crippen LogP contribution is -2.53. The van der Waals surface area contributed by atoms with Crippen LogP contribution in [0.15, 0.2) is 24.3 Å². The Kier molecular flexibility index (Phi) is 10.1. The summed E-state index contributed by atoms with van der Waals surface area (Å²) in [5, 5.41) is 0. The topological polar surface area (TPSA) is 113 Å². The normalized spacial score (nSPS) is 27.2. The minimum absolute atomic E-state index is 0.146. The third-order valence-corrected chi connectivity index (χ3v) is 9.17. The molecular weight excluding hydrogens is 512 g/mol. The van der Waals surface area contributed by atoms with Crippen molar-refractivity contribution in [2.45, 2.75) is 109 Å². The van der Waals surface area contributed by atoms with E-state index in [4.69, 9.17) is 14.2 Å². The van der Waals surface area contributed by atoms with Gasteiger partial charge < -0.3 is 14.2 Å². The SMILES string of the molecule is CCCCCCCCCCCCCC(=O)OCC1C2C(=O)OC(=O)C2c2ccccc2C1(C)C1CC(=O)OC1=O. The van der Waals surface area contributed by atoms with E-state index >= 15 is 0 Å². The molecule has 3 aliphatic rings. The van der Waals surface area contributed by atoms with Crippen LogP contribution in [-0.4, -0.2) is 36.5 Å². The van der Waals surface area contributed by atoms with Crippen LogP contribution in [0.3, 0.4) is 0 Å². The third kappa shape index (κ3) is 6.31. The van der Waals surface area contributed by atoms with E-state index in [0.29, 0.717) is 11.1 Å². The van der Waals surface area contributed by atoms with Crippen molar-refractivity contribution in [3.8, 4) is 0 Å². The number of esters is 5. The van der Waals surface area contributed by atoms with E-state index < -0.39 is 53.0 Å². The highest BCUT2D eigenvalue weighted by Gasteiger charge is 2.64. The first-order chi connectivity index (χ1) is 19.3. The van der Waals surface area contributed by atoms with Crippen LogP contribution in [0.5, 0.6) is 0 Å². The second-order valence-electron chi connectivity index (χ2n) is 11.7. The summed E-state index contributed by atoms with van der Waals surface area (Å²) in [5.41, 5.74) is 0.189. The highest BCUT2D eigenvalue weighted by molar-refractivity contribution is 6.01. The Labute approximate surface area is 236 Å². The third-order valence-electron chi connectivity index (χ3n) is 9.17. The second-order valence-corrected chi connectivity index (χ2v) is 11.7. The molecule has 0 spiro atoms. The van der Waals surface area contributed by atoms with E-state index in [-0.39, 0.29) is 25.4 Å². The lowest BCUT2D eigenvalue weighted by atomic mass is 9.52. The molecule has 2 fully saturated rings. The van der Waals surface area contributed by atoms with Crippen LogP contribution in [0.4, 0.5) is 0 Å². The Morgan fingerprint density at radius 2 is 1.48 bits per heavy atom. The van der Waals surface area contributed by atoms with E-state index in [0.717, 1.165) is 25.7 Å². The number of fused-ring (bicyclic) bond motifs is 3. The molecule has 0 saturated carbocycles. The molecule has 8 heteroatoms. The monoisotopic (exact) mass is 554 g/mol. The highest BCUT2D eigenvalue weighted by atomic mass is 16.6. The Morgan fingerprint density at radius 1 is 0.850 bits per heavy atom. The maximum Gasteiger partial charge on any atom is 0.321 e. The molecule has 4 rings (SSSR count). The van der Waals surface area contributed by atoms with Crippen LogP contribution in [0, 0.1) is 17.8 Å². The zero-order valence-electron chi connectivity index (χ0n) is 23.8. The van der Waals surface area contributed by atoms with Gasteiger partial charge in [0.2, 0.25) is 0 Å². The first kappa shape index (κ1) is 29.9. The first-order valence-corrected chi connectivity index (χ1v) is 15.0. The molecule has 40 heavy (non-hydrogen) atoms. The number of hydrogen-bond acceptors (Lipinski definition) is 8. The van der Waals surface area contributed by atoms with Crippen LogP contribution < -0.4 is 0 Å². The number of rotatable bonds is 15. The fourth-order valence-electron chi connectivity index (χ4n) is 6.91. The molecule has 0 N–H and O–H groups in total. The Balaban J connectivity index is 1.37. The molecule has 0 aromatic heterocycles. The van der Waals surface area contributed by atoms with Crippen molar-refractivity contribution >= 4 is 29.8 Å². The maximum absolute atomic E-state index is 13.0. The summed E-state index contributed by atoms with van der Waals surface area (Å²) < 4.78 is 15.6. The summed E-state index contributed by atoms with van der Waals surface area (Å²) in [6.07, 6.45) is 13.0. The molecule has 2 saturated heterocycles. The number of cyclic esters (lactones) is 4. The first-order valence-electron chi connectivity index (χ1n) is 15.0. The average Bonchev–Trinajstić information content (AvgIpc) is 3.43. The van der Waals surface area contributed by atoms with Gasteiger partial charge in [0.05, 0.1) is 30.8 Å². The van der Waals surface area contributed by atoms with Gasteiger partial charge in [0.25, 0.3) is 0 Å². The van der Waals surface area contributed by atoms with Crippen LogP contribution in [0.25, 0.3) is 0 Å². The van der Waals surface area contributed by atoms with Crippen LogP contribution >= 0.6 is 0 Å². The van der Waals surface area contributed by atoms with Crippen molar-refractivity contribution in [3.63, 3.8) is 0 Å². The molecule has 0 bridgehead atoms. The molecule has 2 aliphatic heterocycles. The molecule has 2 heterocycles. The number of benzene rings is 1. The zero-order chi connectivity index (χ0) is 28.7. The predicted octanol–water partition coefficient (Wildman–Crippen LogP) is 5.69. The number of carbonyl (C=O) groups excluding carboxylic acids is 5. The molecule has 218 valence electrons. The summed E-state index contributed by atoms with van der Waals surface area (Å²) in [4.78, 5) is 63.3. The summed E-state index contributed by atoms with van der Waals surface area (Å²) in [5.74, 6) is -6.41. The van der Waals surface area contributed by atoms with Crippen molar-refractivity contribution in [1.29, 1.82) is 0 Å². The zero-order valence-corrected chi connectivity index (χ0v) is 23.8. The van der Waals surface area contributed by atoms with E-state index in [1.54, 1.807) is 31.2 Å². The lowest BCUT2D eigenvalue weighted by molar-refractivity contribution is -0.159. The quantitative estimate of drug-likeness (QED) is 0.118. The van der Waals surface area contributed by atoms with Gasteiger partial charge in [-0.05, 0) is 17.5 Å². The largest absolute Gasteiger partial charge is 0.465 e. The van der Waals surface area contributed by atoms with Crippen molar-refractivity contribution in [2.75, 3.05) is 6.61 Å². The Morgan fingerprint density at radius 3 is 2.10 bits per heavy atom. The molecule has 1 aromatic rings. The molecule has 5 atom stereocenters. The van der Waals surface area contributed by atoms with Crippen LogP contribution in [0.1, 0.15) is 114 Å². The van der Waals surface area contributed by atoms with Gasteiger partial charge in [0.1, 0.15) is 0 Å². The molecule has 1 aliphatic carbocycles. The van der Waals surface area contributed by atoms with Crippen molar-refractivity contribution in [2.24, 2.45) is 17.8 Å². The average molecular weight is 555 g/mol. The minimum Gasteiger partial charge on any atom is -0.465 e. The summed E-state index contributed by atoms with van der Waals surface area (Å²) in [6, 6.07) is 7.11. The number of unbranched alkanes of at least 4 members (excludes halogenated alkanes) is 10. The van der Waals surface area contributed by atoms with Gasteiger partial charge >= 0.3 is 29.8 Å². The molecule has 0 radical (unpaired) electrons. The van der Waals surface area contributed by atoms with Gasteiger partial charge in [-0.15, -0.1) is 0 Å². The molecule has 1 aromatic carbocycles. The summed E-state index contributed by atoms with van der Waals surface area (Å²) in [6.45, 7) is 3.86. The number of ether oxygens (including phenoxy) is 3. The Hall–Kier alpha value is -3.03. The van der Waals surface area contributed by atoms with E-state index in [1.165, 1.54) is 44.9 Å². The Bertz CT molecular complexity index is 1110. The summed E-state index contributed by atoms with van der Waals surface area (Å²) >= 11 is 0. The molecule has 5 unspecified atom stereocenters. The van der Waals surface area contributed by atoms with E-state index in [9.17, 15) is 24.0 Å². The second kappa shape index (κ2) is 13.6. The van der Waals surface area contributed by atoms with Crippen LogP contribution in [-0.2, 0) is 43.6 Å². The predicted molar refractivity (Wildman–Crippen MR) is 146 cm³/mol. The highest BCUT2D eigenvalue weighted by Crippen LogP contribution is 2.57. The van der Waals surface area contributed by atoms with E-state index in [2.05, 4.69) is 6.92 Å². The van der Waals surface area contributed by atoms with E-state index in [1.807, 2.05) is 0 Å². The van der Waals surface area contributed by atoms with Gasteiger partial charge in [-0.25, -0.2) is 0 Å². The lowest BCUT2D eigenvalue weighted by Gasteiger charge is -2.48. The molecular formula is C32H42O8. The minimum atomic E-state index is -1.08. The molecule has 0 amide bonds. The standard InChI is InChI=1S/C32H42O8/c1-3-4-5-6-7-8-9-10-11-12-13-18-25(33)38-20-24-28-27(30(36)40-31(28)37)21-16-14-15-17-22(21)32(24,2)23-19-26(34)39-29(23)35/h14-17,23-24,27-28H,3-13,18-20H2,1-2H3. The van der Waals surface area contributed by atoms with Crippen molar-refractivity contribution < 1.29 is 38.2 Å². The smallest absolute Gasteiger partial charge is 0.321 e.